The fourth-order valence-corrected chi connectivity index (χ4v) is 8.73. The number of rotatable bonds is 4. The van der Waals surface area contributed by atoms with E-state index in [1.54, 1.807) is 0 Å². The van der Waals surface area contributed by atoms with Crippen molar-refractivity contribution in [3.8, 4) is 39.6 Å². The third-order valence-electron chi connectivity index (χ3n) is 10.0. The molecule has 0 aliphatic carbocycles. The molecule has 0 saturated heterocycles. The second-order valence-corrected chi connectivity index (χ2v) is 14.1. The third kappa shape index (κ3) is 4.38. The summed E-state index contributed by atoms with van der Waals surface area (Å²) in [6.07, 6.45) is 0. The van der Waals surface area contributed by atoms with Gasteiger partial charge in [-0.1, -0.05) is 97.1 Å². The molecule has 0 bridgehead atoms. The summed E-state index contributed by atoms with van der Waals surface area (Å²) in [6.45, 7) is 0. The molecule has 11 aromatic rings. The zero-order valence-corrected chi connectivity index (χ0v) is 28.1. The van der Waals surface area contributed by atoms with Crippen molar-refractivity contribution in [1.82, 2.24) is 14.5 Å². The lowest BCUT2D eigenvalue weighted by Gasteiger charge is -2.11. The summed E-state index contributed by atoms with van der Waals surface area (Å²) in [5, 5.41) is 7.07. The van der Waals surface area contributed by atoms with Crippen molar-refractivity contribution in [3.05, 3.63) is 164 Å². The smallest absolute Gasteiger partial charge is 0.160 e. The Hall–Kier alpha value is -6.56. The predicted octanol–water partition coefficient (Wildman–Crippen LogP) is 12.8. The van der Waals surface area contributed by atoms with Crippen LogP contribution in [0.3, 0.4) is 0 Å². The molecule has 0 spiro atoms. The first kappa shape index (κ1) is 28.3. The largest absolute Gasteiger partial charge is 0.455 e. The quantitative estimate of drug-likeness (QED) is 0.187. The van der Waals surface area contributed by atoms with Crippen LogP contribution in [-0.4, -0.2) is 14.5 Å². The summed E-state index contributed by atoms with van der Waals surface area (Å²) in [7, 11) is 0. The molecule has 51 heavy (non-hydrogen) atoms. The van der Waals surface area contributed by atoms with Crippen LogP contribution in [0.15, 0.2) is 168 Å². The van der Waals surface area contributed by atoms with Crippen molar-refractivity contribution in [2.45, 2.75) is 0 Å². The topological polar surface area (TPSA) is 43.9 Å². The summed E-state index contributed by atoms with van der Waals surface area (Å²) in [6, 6.07) is 57.7. The fraction of sp³-hybridized carbons (Fsp3) is 0. The van der Waals surface area contributed by atoms with Crippen molar-refractivity contribution in [2.75, 3.05) is 0 Å². The van der Waals surface area contributed by atoms with Gasteiger partial charge in [0, 0.05) is 58.7 Å². The number of para-hydroxylation sites is 2. The SMILES string of the molecule is c1ccc(-c2cc(-c3ccc(-n4c5ccccc5c5c6oc7ccccc7c6ccc54)cc3)nc(-c3ccc4sc5ccccc5c4c3)n2)cc1. The standard InChI is InChI=1S/C46H27N3OS/c1-2-10-28(11-3-1)37-27-38(48-46(47-37)30-20-25-43-36(26-30)33-13-6-9-17-42(33)51-43)29-18-21-31(22-19-29)49-39-15-7-4-14-35(39)44-40(49)24-23-34-32-12-5-8-16-41(32)50-45(34)44/h1-27H. The maximum absolute atomic E-state index is 6.51. The van der Waals surface area contributed by atoms with Gasteiger partial charge in [0.2, 0.25) is 0 Å². The molecule has 4 heterocycles. The molecule has 7 aromatic carbocycles. The Balaban J connectivity index is 1.07. The van der Waals surface area contributed by atoms with Gasteiger partial charge in [0.25, 0.3) is 0 Å². The Morgan fingerprint density at radius 2 is 1.12 bits per heavy atom. The van der Waals surface area contributed by atoms with E-state index in [0.717, 1.165) is 72.1 Å². The van der Waals surface area contributed by atoms with E-state index in [1.165, 1.54) is 25.6 Å². The summed E-state index contributed by atoms with van der Waals surface area (Å²) in [4.78, 5) is 10.3. The van der Waals surface area contributed by atoms with Crippen molar-refractivity contribution >= 4 is 75.3 Å². The van der Waals surface area contributed by atoms with Crippen LogP contribution in [0.2, 0.25) is 0 Å². The number of fused-ring (bicyclic) bond motifs is 10. The van der Waals surface area contributed by atoms with E-state index in [0.29, 0.717) is 5.82 Å². The number of aromatic nitrogens is 3. The van der Waals surface area contributed by atoms with Gasteiger partial charge in [-0.2, -0.15) is 0 Å². The first-order valence-electron chi connectivity index (χ1n) is 17.1. The fourth-order valence-electron chi connectivity index (χ4n) is 7.64. The van der Waals surface area contributed by atoms with Crippen LogP contribution in [0.25, 0.3) is 104 Å². The lowest BCUT2D eigenvalue weighted by molar-refractivity contribution is 0.673. The molecule has 0 saturated carbocycles. The number of nitrogens with zero attached hydrogens (tertiary/aromatic N) is 3. The Morgan fingerprint density at radius 1 is 0.451 bits per heavy atom. The Kier molecular flexibility index (Phi) is 6.09. The van der Waals surface area contributed by atoms with Crippen molar-refractivity contribution in [2.24, 2.45) is 0 Å². The third-order valence-corrected chi connectivity index (χ3v) is 11.2. The number of hydrogen-bond donors (Lipinski definition) is 0. The molecule has 4 nitrogen and oxygen atoms in total. The van der Waals surface area contributed by atoms with Gasteiger partial charge in [-0.25, -0.2) is 9.97 Å². The lowest BCUT2D eigenvalue weighted by Crippen LogP contribution is -1.97. The molecule has 5 heteroatoms. The molecule has 0 unspecified atom stereocenters. The highest BCUT2D eigenvalue weighted by Gasteiger charge is 2.19. The van der Waals surface area contributed by atoms with Crippen LogP contribution in [0.1, 0.15) is 0 Å². The molecule has 0 amide bonds. The molecule has 0 N–H and O–H groups in total. The lowest BCUT2D eigenvalue weighted by atomic mass is 10.1. The number of hydrogen-bond acceptors (Lipinski definition) is 4. The highest BCUT2D eigenvalue weighted by Crippen LogP contribution is 2.41. The molecule has 4 aromatic heterocycles. The predicted molar refractivity (Wildman–Crippen MR) is 213 cm³/mol. The van der Waals surface area contributed by atoms with E-state index < -0.39 is 0 Å². The normalized spacial score (nSPS) is 11.9. The van der Waals surface area contributed by atoms with Crippen LogP contribution in [0.5, 0.6) is 0 Å². The van der Waals surface area contributed by atoms with Crippen molar-refractivity contribution < 1.29 is 4.42 Å². The first-order valence-corrected chi connectivity index (χ1v) is 17.9. The zero-order valence-electron chi connectivity index (χ0n) is 27.2. The zero-order chi connectivity index (χ0) is 33.5. The van der Waals surface area contributed by atoms with Gasteiger partial charge in [-0.15, -0.1) is 11.3 Å². The molecule has 0 radical (unpaired) electrons. The maximum Gasteiger partial charge on any atom is 0.160 e. The van der Waals surface area contributed by atoms with E-state index in [2.05, 4.69) is 150 Å². The molecule has 0 fully saturated rings. The Bertz CT molecular complexity index is 3130. The van der Waals surface area contributed by atoms with E-state index in [4.69, 9.17) is 14.4 Å². The average molecular weight is 670 g/mol. The summed E-state index contributed by atoms with van der Waals surface area (Å²) < 4.78 is 11.4. The highest BCUT2D eigenvalue weighted by atomic mass is 32.1. The van der Waals surface area contributed by atoms with Crippen molar-refractivity contribution in [1.29, 1.82) is 0 Å². The van der Waals surface area contributed by atoms with Crippen LogP contribution in [-0.2, 0) is 0 Å². The second-order valence-electron chi connectivity index (χ2n) is 13.0. The molecular formula is C46H27N3OS. The van der Waals surface area contributed by atoms with E-state index in [9.17, 15) is 0 Å². The summed E-state index contributed by atoms with van der Waals surface area (Å²) >= 11 is 1.82. The van der Waals surface area contributed by atoms with Crippen LogP contribution >= 0.6 is 11.3 Å². The molecule has 0 atom stereocenters. The van der Waals surface area contributed by atoms with Crippen molar-refractivity contribution in [3.63, 3.8) is 0 Å². The Morgan fingerprint density at radius 3 is 1.96 bits per heavy atom. The number of furan rings is 1. The minimum atomic E-state index is 0.713. The molecule has 238 valence electrons. The summed E-state index contributed by atoms with van der Waals surface area (Å²) in [5.74, 6) is 0.713. The Labute approximate surface area is 296 Å². The maximum atomic E-state index is 6.51. The van der Waals surface area contributed by atoms with Gasteiger partial charge in [0.15, 0.2) is 5.82 Å². The van der Waals surface area contributed by atoms with Crippen LogP contribution < -0.4 is 0 Å². The highest BCUT2D eigenvalue weighted by molar-refractivity contribution is 7.25. The van der Waals surface area contributed by atoms with Gasteiger partial charge in [0.1, 0.15) is 11.2 Å². The average Bonchev–Trinajstić information content (AvgIpc) is 3.87. The van der Waals surface area contributed by atoms with Crippen LogP contribution in [0.4, 0.5) is 0 Å². The minimum Gasteiger partial charge on any atom is -0.455 e. The number of thiophene rings is 1. The summed E-state index contributed by atoms with van der Waals surface area (Å²) in [5.41, 5.74) is 10.0. The van der Waals surface area contributed by atoms with E-state index in [1.807, 2.05) is 29.5 Å². The molecule has 11 rings (SSSR count). The van der Waals surface area contributed by atoms with Gasteiger partial charge < -0.3 is 8.98 Å². The van der Waals surface area contributed by atoms with Gasteiger partial charge in [0.05, 0.1) is 27.8 Å². The van der Waals surface area contributed by atoms with E-state index >= 15 is 0 Å². The molecular weight excluding hydrogens is 643 g/mol. The van der Waals surface area contributed by atoms with Crippen LogP contribution in [0, 0.1) is 0 Å². The van der Waals surface area contributed by atoms with E-state index in [-0.39, 0.29) is 0 Å². The van der Waals surface area contributed by atoms with Gasteiger partial charge >= 0.3 is 0 Å². The minimum absolute atomic E-state index is 0.713. The van der Waals surface area contributed by atoms with Gasteiger partial charge in [-0.3, -0.25) is 0 Å². The molecule has 0 aliphatic rings. The second kappa shape index (κ2) is 11.0. The number of benzene rings is 7. The monoisotopic (exact) mass is 669 g/mol. The van der Waals surface area contributed by atoms with Gasteiger partial charge in [-0.05, 0) is 66.7 Å². The molecule has 0 aliphatic heterocycles. The first-order chi connectivity index (χ1) is 25.3.